The molecule has 0 fully saturated rings. The van der Waals surface area contributed by atoms with Gasteiger partial charge in [0.15, 0.2) is 17.2 Å². The Morgan fingerprint density at radius 2 is 1.83 bits per heavy atom. The van der Waals surface area contributed by atoms with Crippen molar-refractivity contribution in [3.05, 3.63) is 58.3 Å². The van der Waals surface area contributed by atoms with E-state index >= 15 is 0 Å². The van der Waals surface area contributed by atoms with E-state index < -0.39 is 5.23 Å². The van der Waals surface area contributed by atoms with Crippen LogP contribution in [0.2, 0.25) is 0 Å². The van der Waals surface area contributed by atoms with E-state index in [2.05, 4.69) is 5.32 Å². The van der Waals surface area contributed by atoms with Crippen LogP contribution in [0.25, 0.3) is 0 Å². The molecule has 0 aliphatic carbocycles. The van der Waals surface area contributed by atoms with Gasteiger partial charge in [0.25, 0.3) is 0 Å². The number of methoxy groups -OCH3 is 2. The molecule has 0 amide bonds. The summed E-state index contributed by atoms with van der Waals surface area (Å²) in [6.07, 6.45) is 0.863. The van der Waals surface area contributed by atoms with Crippen molar-refractivity contribution in [3.63, 3.8) is 0 Å². The molecule has 2 aromatic rings. The molecule has 0 saturated heterocycles. The van der Waals surface area contributed by atoms with Crippen LogP contribution in [0, 0.1) is 5.21 Å². The van der Waals surface area contributed by atoms with Crippen LogP contribution in [0.5, 0.6) is 11.5 Å². The Morgan fingerprint density at radius 1 is 1.13 bits per heavy atom. The van der Waals surface area contributed by atoms with E-state index in [1.54, 1.807) is 26.4 Å². The Morgan fingerprint density at radius 3 is 2.52 bits per heavy atom. The third kappa shape index (κ3) is 2.89. The molecular formula is C17H20N2O4. The van der Waals surface area contributed by atoms with Crippen LogP contribution >= 0.6 is 0 Å². The SMILES string of the molecule is COc1cc2c(cc1OC)[C@H](c1ccccc1[NH+]([O-])O)NCC2. The van der Waals surface area contributed by atoms with Crippen LogP contribution in [-0.4, -0.2) is 26.0 Å². The molecule has 3 rings (SSSR count). The van der Waals surface area contributed by atoms with E-state index in [1.807, 2.05) is 24.3 Å². The largest absolute Gasteiger partial charge is 0.595 e. The normalized spacial score (nSPS) is 18.2. The van der Waals surface area contributed by atoms with Crippen molar-refractivity contribution in [2.45, 2.75) is 12.5 Å². The van der Waals surface area contributed by atoms with E-state index in [4.69, 9.17) is 9.47 Å². The van der Waals surface area contributed by atoms with Crippen molar-refractivity contribution in [1.29, 1.82) is 0 Å². The number of hydrogen-bond acceptors (Lipinski definition) is 5. The highest BCUT2D eigenvalue weighted by atomic mass is 16.8. The van der Waals surface area contributed by atoms with Gasteiger partial charge in [-0.25, -0.2) is 5.21 Å². The van der Waals surface area contributed by atoms with Crippen LogP contribution in [0.3, 0.4) is 0 Å². The molecule has 23 heavy (non-hydrogen) atoms. The zero-order valence-electron chi connectivity index (χ0n) is 13.1. The monoisotopic (exact) mass is 316 g/mol. The number of para-hydroxylation sites is 1. The molecule has 3 N–H and O–H groups in total. The fourth-order valence-electron chi connectivity index (χ4n) is 3.10. The molecule has 0 aromatic heterocycles. The van der Waals surface area contributed by atoms with Gasteiger partial charge in [-0.3, -0.25) is 0 Å². The first-order chi connectivity index (χ1) is 11.2. The van der Waals surface area contributed by atoms with Crippen LogP contribution in [0.4, 0.5) is 5.69 Å². The molecule has 0 spiro atoms. The Labute approximate surface area is 134 Å². The van der Waals surface area contributed by atoms with E-state index in [-0.39, 0.29) is 6.04 Å². The van der Waals surface area contributed by atoms with Gasteiger partial charge in [0.05, 0.1) is 20.3 Å². The number of quaternary nitrogens is 1. The molecule has 122 valence electrons. The summed E-state index contributed by atoms with van der Waals surface area (Å²) < 4.78 is 10.8. The Balaban J connectivity index is 2.12. The average Bonchev–Trinajstić information content (AvgIpc) is 2.59. The number of benzene rings is 2. The fourth-order valence-corrected chi connectivity index (χ4v) is 3.10. The van der Waals surface area contributed by atoms with Gasteiger partial charge in [-0.1, -0.05) is 18.2 Å². The maximum Gasteiger partial charge on any atom is 0.168 e. The molecule has 1 heterocycles. The van der Waals surface area contributed by atoms with E-state index in [9.17, 15) is 10.4 Å². The molecule has 0 radical (unpaired) electrons. The van der Waals surface area contributed by atoms with E-state index in [0.717, 1.165) is 29.7 Å². The van der Waals surface area contributed by atoms with Gasteiger partial charge in [-0.2, -0.15) is 5.23 Å². The van der Waals surface area contributed by atoms with Crippen molar-refractivity contribution >= 4 is 5.69 Å². The summed E-state index contributed by atoms with van der Waals surface area (Å²) in [5, 5.41) is 23.5. The van der Waals surface area contributed by atoms with Crippen LogP contribution in [0.15, 0.2) is 36.4 Å². The second kappa shape index (κ2) is 6.55. The summed E-state index contributed by atoms with van der Waals surface area (Å²) in [7, 11) is 3.21. The smallest absolute Gasteiger partial charge is 0.168 e. The third-order valence-electron chi connectivity index (χ3n) is 4.20. The molecule has 1 aliphatic heterocycles. The third-order valence-corrected chi connectivity index (χ3v) is 4.20. The van der Waals surface area contributed by atoms with Crippen molar-refractivity contribution in [1.82, 2.24) is 5.32 Å². The van der Waals surface area contributed by atoms with Gasteiger partial charge in [0.1, 0.15) is 0 Å². The van der Waals surface area contributed by atoms with Crippen LogP contribution < -0.4 is 20.0 Å². The molecule has 1 aliphatic rings. The first-order valence-electron chi connectivity index (χ1n) is 7.46. The van der Waals surface area contributed by atoms with E-state index in [0.29, 0.717) is 17.2 Å². The lowest BCUT2D eigenvalue weighted by Crippen LogP contribution is -2.99. The quantitative estimate of drug-likeness (QED) is 0.742. The van der Waals surface area contributed by atoms with Crippen molar-refractivity contribution in [3.8, 4) is 11.5 Å². The van der Waals surface area contributed by atoms with Gasteiger partial charge < -0.3 is 20.0 Å². The highest BCUT2D eigenvalue weighted by molar-refractivity contribution is 5.54. The summed E-state index contributed by atoms with van der Waals surface area (Å²) in [5.74, 6) is 1.34. The Hall–Kier alpha value is -2.12. The van der Waals surface area contributed by atoms with Crippen LogP contribution in [0.1, 0.15) is 22.7 Å². The highest BCUT2D eigenvalue weighted by Gasteiger charge is 2.27. The standard InChI is InChI=1S/C17H20N2O4/c1-22-15-9-11-7-8-18-17(13(11)10-16(15)23-2)12-5-3-4-6-14(12)19(20)21/h3-6,9-10,17-20H,7-8H2,1-2H3/t17-/m0/s1. The molecule has 0 saturated carbocycles. The predicted octanol–water partition coefficient (Wildman–Crippen LogP) is 1.34. The van der Waals surface area contributed by atoms with Gasteiger partial charge >= 0.3 is 0 Å². The molecule has 2 atom stereocenters. The summed E-state index contributed by atoms with van der Waals surface area (Å²) in [4.78, 5) is 0. The van der Waals surface area contributed by atoms with Gasteiger partial charge in [0.2, 0.25) is 0 Å². The minimum atomic E-state index is -0.921. The zero-order chi connectivity index (χ0) is 16.4. The second-order valence-corrected chi connectivity index (χ2v) is 5.44. The van der Waals surface area contributed by atoms with Crippen molar-refractivity contribution < 1.29 is 19.9 Å². The number of ether oxygens (including phenoxy) is 2. The summed E-state index contributed by atoms with van der Waals surface area (Å²) in [5.41, 5.74) is 3.25. The lowest BCUT2D eigenvalue weighted by atomic mass is 9.88. The first kappa shape index (κ1) is 15.8. The lowest BCUT2D eigenvalue weighted by molar-refractivity contribution is -0.991. The predicted molar refractivity (Wildman–Crippen MR) is 85.3 cm³/mol. The second-order valence-electron chi connectivity index (χ2n) is 5.44. The Bertz CT molecular complexity index is 703. The number of rotatable bonds is 4. The lowest BCUT2D eigenvalue weighted by Gasteiger charge is -2.30. The molecule has 2 aromatic carbocycles. The van der Waals surface area contributed by atoms with Crippen molar-refractivity contribution in [2.24, 2.45) is 0 Å². The van der Waals surface area contributed by atoms with Crippen molar-refractivity contribution in [2.75, 3.05) is 20.8 Å². The van der Waals surface area contributed by atoms with Gasteiger partial charge in [0, 0.05) is 18.2 Å². The topological polar surface area (TPSA) is 78.2 Å². The maximum absolute atomic E-state index is 11.5. The molecule has 6 heteroatoms. The van der Waals surface area contributed by atoms with Crippen LogP contribution in [-0.2, 0) is 6.42 Å². The molecule has 0 bridgehead atoms. The average molecular weight is 316 g/mol. The summed E-state index contributed by atoms with van der Waals surface area (Å²) >= 11 is 0. The fraction of sp³-hybridized carbons (Fsp3) is 0.294. The first-order valence-corrected chi connectivity index (χ1v) is 7.46. The van der Waals surface area contributed by atoms with E-state index in [1.165, 1.54) is 0 Å². The Kier molecular flexibility index (Phi) is 4.49. The number of nitrogens with one attached hydrogen (secondary N) is 2. The maximum atomic E-state index is 11.5. The minimum absolute atomic E-state index is 0.175. The minimum Gasteiger partial charge on any atom is -0.595 e. The zero-order valence-corrected chi connectivity index (χ0v) is 13.1. The highest BCUT2D eigenvalue weighted by Crippen LogP contribution is 2.38. The molecular weight excluding hydrogens is 296 g/mol. The van der Waals surface area contributed by atoms with Gasteiger partial charge in [-0.15, -0.1) is 0 Å². The molecule has 6 nitrogen and oxygen atoms in total. The van der Waals surface area contributed by atoms with Gasteiger partial charge in [-0.05, 0) is 29.7 Å². The number of hydrogen-bond donors (Lipinski definition) is 3. The molecule has 1 unspecified atom stereocenters. The summed E-state index contributed by atoms with van der Waals surface area (Å²) in [6.45, 7) is 0.779. The summed E-state index contributed by atoms with van der Waals surface area (Å²) in [6, 6.07) is 10.8. The number of fused-ring (bicyclic) bond motifs is 1.